The molecule has 10 heteroatoms. The highest BCUT2D eigenvalue weighted by Gasteiger charge is 2.44. The molecule has 1 N–H and O–H groups in total. The van der Waals surface area contributed by atoms with Crippen molar-refractivity contribution in [2.24, 2.45) is 0 Å². The van der Waals surface area contributed by atoms with Gasteiger partial charge < -0.3 is 4.74 Å². The van der Waals surface area contributed by atoms with Crippen LogP contribution < -0.4 is 15.1 Å². The van der Waals surface area contributed by atoms with Crippen molar-refractivity contribution >= 4 is 23.3 Å². The molecule has 1 unspecified atom stereocenters. The van der Waals surface area contributed by atoms with Crippen LogP contribution in [0.2, 0.25) is 0 Å². The van der Waals surface area contributed by atoms with E-state index < -0.39 is 11.1 Å². The van der Waals surface area contributed by atoms with Gasteiger partial charge in [0.05, 0.1) is 24.3 Å². The van der Waals surface area contributed by atoms with Gasteiger partial charge in [-0.3, -0.25) is 29.7 Å². The molecule has 2 heterocycles. The van der Waals surface area contributed by atoms with E-state index in [1.807, 2.05) is 0 Å². The zero-order chi connectivity index (χ0) is 20.5. The minimum Gasteiger partial charge on any atom is -0.497 e. The van der Waals surface area contributed by atoms with E-state index in [2.05, 4.69) is 5.43 Å². The molecule has 4 rings (SSSR count). The molecule has 10 nitrogen and oxygen atoms in total. The van der Waals surface area contributed by atoms with Crippen molar-refractivity contribution in [1.82, 2.24) is 15.3 Å². The van der Waals surface area contributed by atoms with Crippen LogP contribution in [0.15, 0.2) is 60.9 Å². The van der Waals surface area contributed by atoms with Crippen molar-refractivity contribution in [2.75, 3.05) is 12.0 Å². The number of benzene rings is 2. The summed E-state index contributed by atoms with van der Waals surface area (Å²) in [5, 5.41) is 12.1. The van der Waals surface area contributed by atoms with Crippen LogP contribution in [0.3, 0.4) is 0 Å². The van der Waals surface area contributed by atoms with Crippen LogP contribution in [0.5, 0.6) is 5.75 Å². The molecule has 0 bridgehead atoms. The van der Waals surface area contributed by atoms with Crippen molar-refractivity contribution in [1.29, 1.82) is 0 Å². The van der Waals surface area contributed by atoms with Gasteiger partial charge in [0.25, 0.3) is 11.6 Å². The lowest BCUT2D eigenvalue weighted by molar-refractivity contribution is -0.384. The first-order valence-corrected chi connectivity index (χ1v) is 8.73. The van der Waals surface area contributed by atoms with Crippen LogP contribution in [-0.2, 0) is 11.3 Å². The second kappa shape index (κ2) is 7.24. The second-order valence-corrected chi connectivity index (χ2v) is 6.44. The normalized spacial score (nSPS) is 18.2. The third-order valence-electron chi connectivity index (χ3n) is 4.68. The van der Waals surface area contributed by atoms with Gasteiger partial charge in [0.2, 0.25) is 0 Å². The van der Waals surface area contributed by atoms with Gasteiger partial charge in [0, 0.05) is 30.6 Å². The van der Waals surface area contributed by atoms with Gasteiger partial charge in [-0.1, -0.05) is 18.2 Å². The molecule has 1 atom stereocenters. The molecule has 3 amide bonds. The lowest BCUT2D eigenvalue weighted by Gasteiger charge is -2.29. The standard InChI is InChI=1S/C19H17N5O5/c1-29-16-4-2-3-15(11-16)21-9-10-22-17(18(21)25)20-23(19(22)26)12-13-5-7-14(8-6-13)24(27)28/h2-11,17,20H,12H2,1H3. The highest BCUT2D eigenvalue weighted by atomic mass is 16.6. The van der Waals surface area contributed by atoms with E-state index in [9.17, 15) is 19.7 Å². The van der Waals surface area contributed by atoms with Crippen LogP contribution in [0.1, 0.15) is 5.56 Å². The monoisotopic (exact) mass is 395 g/mol. The summed E-state index contributed by atoms with van der Waals surface area (Å²) < 4.78 is 5.20. The van der Waals surface area contributed by atoms with E-state index in [1.54, 1.807) is 43.5 Å². The summed E-state index contributed by atoms with van der Waals surface area (Å²) >= 11 is 0. The van der Waals surface area contributed by atoms with Gasteiger partial charge in [-0.2, -0.15) is 5.43 Å². The summed E-state index contributed by atoms with van der Waals surface area (Å²) in [5.41, 5.74) is 4.19. The van der Waals surface area contributed by atoms with Gasteiger partial charge in [-0.25, -0.2) is 4.79 Å². The van der Waals surface area contributed by atoms with E-state index in [4.69, 9.17) is 4.74 Å². The number of nitro groups is 1. The number of hydrogen-bond acceptors (Lipinski definition) is 6. The summed E-state index contributed by atoms with van der Waals surface area (Å²) in [5.74, 6) is 0.293. The minimum absolute atomic E-state index is 0.0288. The van der Waals surface area contributed by atoms with E-state index in [0.717, 1.165) is 0 Å². The number of hydrogen-bond donors (Lipinski definition) is 1. The number of carbonyl (C=O) groups excluding carboxylic acids is 2. The average Bonchev–Trinajstić information content (AvgIpc) is 3.05. The van der Waals surface area contributed by atoms with Gasteiger partial charge >= 0.3 is 6.03 Å². The Balaban J connectivity index is 1.51. The number of nitro benzene ring substituents is 1. The summed E-state index contributed by atoms with van der Waals surface area (Å²) in [6.45, 7) is 0.157. The van der Waals surface area contributed by atoms with E-state index in [-0.39, 0.29) is 24.2 Å². The SMILES string of the molecule is COc1cccc(N2C=CN3C(=O)N(Cc4ccc([N+](=O)[O-])cc4)NC3C2=O)c1. The quantitative estimate of drug-likeness (QED) is 0.614. The maximum atomic E-state index is 12.9. The summed E-state index contributed by atoms with van der Waals surface area (Å²) in [6.07, 6.45) is 2.19. The fraction of sp³-hybridized carbons (Fsp3) is 0.158. The van der Waals surface area contributed by atoms with E-state index >= 15 is 0 Å². The van der Waals surface area contributed by atoms with E-state index in [0.29, 0.717) is 17.0 Å². The molecule has 0 saturated carbocycles. The molecular formula is C19H17N5O5. The molecule has 2 aliphatic rings. The Bertz CT molecular complexity index is 1010. The van der Waals surface area contributed by atoms with Gasteiger partial charge in [-0.15, -0.1) is 0 Å². The van der Waals surface area contributed by atoms with Crippen LogP contribution in [0.4, 0.5) is 16.2 Å². The lowest BCUT2D eigenvalue weighted by Crippen LogP contribution is -2.51. The zero-order valence-corrected chi connectivity index (χ0v) is 15.4. The molecule has 0 aromatic heterocycles. The predicted molar refractivity (Wildman–Crippen MR) is 102 cm³/mol. The van der Waals surface area contributed by atoms with Gasteiger partial charge in [0.15, 0.2) is 6.17 Å². The Kier molecular flexibility index (Phi) is 4.61. The van der Waals surface area contributed by atoms with Crippen LogP contribution in [0, 0.1) is 10.1 Å². The molecule has 29 heavy (non-hydrogen) atoms. The van der Waals surface area contributed by atoms with Crippen molar-refractivity contribution in [3.8, 4) is 5.75 Å². The first-order chi connectivity index (χ1) is 14.0. The Morgan fingerprint density at radius 2 is 1.90 bits per heavy atom. The molecule has 1 fully saturated rings. The maximum Gasteiger partial charge on any atom is 0.340 e. The number of nitrogens with one attached hydrogen (secondary N) is 1. The van der Waals surface area contributed by atoms with Crippen LogP contribution in [-0.4, -0.2) is 40.0 Å². The fourth-order valence-corrected chi connectivity index (χ4v) is 3.18. The molecule has 148 valence electrons. The zero-order valence-electron chi connectivity index (χ0n) is 15.4. The van der Waals surface area contributed by atoms with Crippen molar-refractivity contribution < 1.29 is 19.2 Å². The number of carbonyl (C=O) groups is 2. The number of rotatable bonds is 5. The Morgan fingerprint density at radius 3 is 2.59 bits per heavy atom. The van der Waals surface area contributed by atoms with Crippen molar-refractivity contribution in [3.05, 3.63) is 76.6 Å². The Hall–Kier alpha value is -3.92. The molecule has 0 spiro atoms. The predicted octanol–water partition coefficient (Wildman–Crippen LogP) is 2.19. The number of methoxy groups -OCH3 is 1. The fourth-order valence-electron chi connectivity index (χ4n) is 3.18. The van der Waals surface area contributed by atoms with Crippen molar-refractivity contribution in [2.45, 2.75) is 12.7 Å². The first kappa shape index (κ1) is 18.4. The minimum atomic E-state index is -0.878. The Morgan fingerprint density at radius 1 is 1.14 bits per heavy atom. The summed E-state index contributed by atoms with van der Waals surface area (Å²) in [4.78, 5) is 38.6. The molecule has 2 aliphatic heterocycles. The third-order valence-corrected chi connectivity index (χ3v) is 4.68. The number of amides is 3. The third kappa shape index (κ3) is 3.36. The highest BCUT2D eigenvalue weighted by Crippen LogP contribution is 2.27. The molecule has 2 aromatic carbocycles. The smallest absolute Gasteiger partial charge is 0.340 e. The number of urea groups is 1. The molecule has 1 saturated heterocycles. The number of hydrazine groups is 1. The van der Waals surface area contributed by atoms with E-state index in [1.165, 1.54) is 39.3 Å². The van der Waals surface area contributed by atoms with Crippen LogP contribution in [0.25, 0.3) is 0 Å². The van der Waals surface area contributed by atoms with Crippen molar-refractivity contribution in [3.63, 3.8) is 0 Å². The lowest BCUT2D eigenvalue weighted by atomic mass is 10.2. The first-order valence-electron chi connectivity index (χ1n) is 8.73. The van der Waals surface area contributed by atoms with Crippen LogP contribution >= 0.6 is 0 Å². The molecular weight excluding hydrogens is 378 g/mol. The molecule has 0 aliphatic carbocycles. The van der Waals surface area contributed by atoms with Gasteiger partial charge in [-0.05, 0) is 17.7 Å². The summed E-state index contributed by atoms with van der Waals surface area (Å²) in [6, 6.07) is 12.6. The second-order valence-electron chi connectivity index (χ2n) is 6.44. The number of ether oxygens (including phenoxy) is 1. The number of nitrogens with zero attached hydrogens (tertiary/aromatic N) is 4. The number of anilines is 1. The molecule has 0 radical (unpaired) electrons. The van der Waals surface area contributed by atoms with Gasteiger partial charge in [0.1, 0.15) is 5.75 Å². The number of non-ortho nitro benzene ring substituents is 1. The Labute approximate surface area is 165 Å². The summed E-state index contributed by atoms with van der Waals surface area (Å²) in [7, 11) is 1.54. The highest BCUT2D eigenvalue weighted by molar-refractivity contribution is 6.03. The average molecular weight is 395 g/mol. The topological polar surface area (TPSA) is 108 Å². The molecule has 2 aromatic rings. The maximum absolute atomic E-state index is 12.9. The number of fused-ring (bicyclic) bond motifs is 1. The largest absolute Gasteiger partial charge is 0.497 e.